The zero-order chi connectivity index (χ0) is 11.8. The molecule has 0 spiro atoms. The van der Waals surface area contributed by atoms with Crippen molar-refractivity contribution in [2.24, 2.45) is 0 Å². The highest BCUT2D eigenvalue weighted by molar-refractivity contribution is 7.90. The molecule has 0 aliphatic rings. The minimum atomic E-state index is -3.48. The number of rotatable bonds is 2. The second-order valence-electron chi connectivity index (χ2n) is 3.21. The van der Waals surface area contributed by atoms with E-state index in [1.54, 1.807) is 12.1 Å². The molecule has 0 aromatic carbocycles. The number of furan rings is 1. The number of nitrogens with zero attached hydrogens (tertiary/aromatic N) is 2. The van der Waals surface area contributed by atoms with E-state index in [1.165, 1.54) is 12.3 Å². The number of hydrogen-bond donors (Lipinski definition) is 1. The summed E-state index contributed by atoms with van der Waals surface area (Å²) in [5.41, 5.74) is 5.85. The summed E-state index contributed by atoms with van der Waals surface area (Å²) in [5, 5.41) is -0.307. The molecule has 2 aromatic rings. The van der Waals surface area contributed by atoms with Gasteiger partial charge in [0.2, 0.25) is 15.0 Å². The normalized spacial score (nSPS) is 11.6. The molecule has 0 unspecified atom stereocenters. The van der Waals surface area contributed by atoms with Crippen molar-refractivity contribution >= 4 is 15.7 Å². The minimum absolute atomic E-state index is 0.0850. The predicted molar refractivity (Wildman–Crippen MR) is 57.3 cm³/mol. The number of nitrogens with two attached hydrogens (primary N) is 1. The summed E-state index contributed by atoms with van der Waals surface area (Å²) in [5.74, 6) is 0.529. The number of anilines is 1. The van der Waals surface area contributed by atoms with Gasteiger partial charge >= 0.3 is 0 Å². The first-order valence-corrected chi connectivity index (χ1v) is 6.24. The zero-order valence-corrected chi connectivity index (χ0v) is 9.23. The average molecular weight is 239 g/mol. The van der Waals surface area contributed by atoms with Gasteiger partial charge in [-0.15, -0.1) is 0 Å². The van der Waals surface area contributed by atoms with Gasteiger partial charge in [0.1, 0.15) is 11.5 Å². The molecule has 0 fully saturated rings. The van der Waals surface area contributed by atoms with Crippen LogP contribution in [0.15, 0.2) is 34.0 Å². The second kappa shape index (κ2) is 3.60. The van der Waals surface area contributed by atoms with Crippen LogP contribution in [0.1, 0.15) is 0 Å². The summed E-state index contributed by atoms with van der Waals surface area (Å²) in [4.78, 5) is 7.53. The van der Waals surface area contributed by atoms with Crippen molar-refractivity contribution in [2.45, 2.75) is 5.16 Å². The van der Waals surface area contributed by atoms with E-state index < -0.39 is 9.84 Å². The van der Waals surface area contributed by atoms with Crippen LogP contribution in [0, 0.1) is 0 Å². The first-order chi connectivity index (χ1) is 7.47. The molecule has 2 rings (SSSR count). The summed E-state index contributed by atoms with van der Waals surface area (Å²) in [7, 11) is -3.48. The maximum atomic E-state index is 11.3. The van der Waals surface area contributed by atoms with Crippen molar-refractivity contribution in [3.05, 3.63) is 24.5 Å². The van der Waals surface area contributed by atoms with Crippen molar-refractivity contribution in [1.29, 1.82) is 0 Å². The molecule has 84 valence electrons. The van der Waals surface area contributed by atoms with Gasteiger partial charge in [0.25, 0.3) is 0 Å². The molecular formula is C9H9N3O3S. The highest BCUT2D eigenvalue weighted by atomic mass is 32.2. The highest BCUT2D eigenvalue weighted by Gasteiger charge is 2.14. The number of nitrogen functional groups attached to an aromatic ring is 1. The Bertz CT molecular complexity index is 605. The predicted octanol–water partition coefficient (Wildman–Crippen LogP) is 0.722. The van der Waals surface area contributed by atoms with Crippen LogP contribution in [-0.4, -0.2) is 24.6 Å². The van der Waals surface area contributed by atoms with Crippen molar-refractivity contribution in [1.82, 2.24) is 9.97 Å². The number of sulfone groups is 1. The molecule has 0 aliphatic carbocycles. The molecular weight excluding hydrogens is 230 g/mol. The van der Waals surface area contributed by atoms with Gasteiger partial charge < -0.3 is 10.2 Å². The molecule has 6 nitrogen and oxygen atoms in total. The van der Waals surface area contributed by atoms with E-state index in [0.29, 0.717) is 11.5 Å². The standard InChI is InChI=1S/C9H9N3O3S/c1-16(13,14)9-11-6(5-8(10)12-9)7-3-2-4-15-7/h2-5H,1H3,(H2,10,11,12). The molecule has 0 radical (unpaired) electrons. The molecule has 0 saturated carbocycles. The molecule has 0 atom stereocenters. The van der Waals surface area contributed by atoms with Crippen LogP contribution in [-0.2, 0) is 9.84 Å². The maximum absolute atomic E-state index is 11.3. The van der Waals surface area contributed by atoms with E-state index in [2.05, 4.69) is 9.97 Å². The van der Waals surface area contributed by atoms with E-state index in [1.807, 2.05) is 0 Å². The maximum Gasteiger partial charge on any atom is 0.249 e. The smallest absolute Gasteiger partial charge is 0.249 e. The fourth-order valence-corrected chi connectivity index (χ4v) is 1.69. The topological polar surface area (TPSA) is 99.1 Å². The molecule has 0 aliphatic heterocycles. The van der Waals surface area contributed by atoms with Crippen LogP contribution in [0.4, 0.5) is 5.82 Å². The van der Waals surface area contributed by atoms with Gasteiger partial charge in [-0.05, 0) is 12.1 Å². The Kier molecular flexibility index (Phi) is 2.39. The lowest BCUT2D eigenvalue weighted by molar-refractivity contribution is 0.576. The Balaban J connectivity index is 2.62. The quantitative estimate of drug-likeness (QED) is 0.775. The Morgan fingerprint density at radius 3 is 2.69 bits per heavy atom. The fraction of sp³-hybridized carbons (Fsp3) is 0.111. The van der Waals surface area contributed by atoms with Crippen LogP contribution in [0.5, 0.6) is 0 Å². The summed E-state index contributed by atoms with van der Waals surface area (Å²) in [6, 6.07) is 4.79. The van der Waals surface area contributed by atoms with Crippen molar-refractivity contribution in [3.8, 4) is 11.5 Å². The van der Waals surface area contributed by atoms with Crippen LogP contribution in [0.25, 0.3) is 11.5 Å². The largest absolute Gasteiger partial charge is 0.463 e. The Morgan fingerprint density at radius 2 is 2.12 bits per heavy atom. The monoisotopic (exact) mass is 239 g/mol. The molecule has 16 heavy (non-hydrogen) atoms. The van der Waals surface area contributed by atoms with Gasteiger partial charge in [-0.1, -0.05) is 0 Å². The third-order valence-corrected chi connectivity index (χ3v) is 2.68. The third-order valence-electron chi connectivity index (χ3n) is 1.83. The Labute approximate surface area is 92.1 Å². The first-order valence-electron chi connectivity index (χ1n) is 4.35. The van der Waals surface area contributed by atoms with E-state index in [-0.39, 0.29) is 11.0 Å². The molecule has 0 amide bonds. The van der Waals surface area contributed by atoms with Crippen molar-refractivity contribution in [2.75, 3.05) is 12.0 Å². The molecule has 0 saturated heterocycles. The van der Waals surface area contributed by atoms with Crippen LogP contribution < -0.4 is 5.73 Å². The molecule has 2 N–H and O–H groups in total. The lowest BCUT2D eigenvalue weighted by Gasteiger charge is -2.01. The first kappa shape index (κ1) is 10.6. The van der Waals surface area contributed by atoms with Crippen LogP contribution in [0.3, 0.4) is 0 Å². The van der Waals surface area contributed by atoms with Gasteiger partial charge in [0.15, 0.2) is 5.76 Å². The summed E-state index contributed by atoms with van der Waals surface area (Å²) >= 11 is 0. The SMILES string of the molecule is CS(=O)(=O)c1nc(N)cc(-c2ccco2)n1. The van der Waals surface area contributed by atoms with E-state index >= 15 is 0 Å². The minimum Gasteiger partial charge on any atom is -0.463 e. The summed E-state index contributed by atoms with van der Waals surface area (Å²) in [6.45, 7) is 0. The highest BCUT2D eigenvalue weighted by Crippen LogP contribution is 2.20. The van der Waals surface area contributed by atoms with Gasteiger partial charge in [0.05, 0.1) is 6.26 Å². The van der Waals surface area contributed by atoms with E-state index in [9.17, 15) is 8.42 Å². The summed E-state index contributed by atoms with van der Waals surface area (Å²) < 4.78 is 27.7. The molecule has 2 heterocycles. The molecule has 7 heteroatoms. The lowest BCUT2D eigenvalue weighted by atomic mass is 10.3. The zero-order valence-electron chi connectivity index (χ0n) is 8.41. The van der Waals surface area contributed by atoms with Gasteiger partial charge in [0, 0.05) is 12.3 Å². The Hall–Kier alpha value is -1.89. The lowest BCUT2D eigenvalue weighted by Crippen LogP contribution is -2.07. The average Bonchev–Trinajstić information content (AvgIpc) is 2.68. The third kappa shape index (κ3) is 2.03. The van der Waals surface area contributed by atoms with Gasteiger partial charge in [-0.3, -0.25) is 0 Å². The van der Waals surface area contributed by atoms with Crippen LogP contribution >= 0.6 is 0 Å². The van der Waals surface area contributed by atoms with Crippen LogP contribution in [0.2, 0.25) is 0 Å². The molecule has 2 aromatic heterocycles. The van der Waals surface area contributed by atoms with Crippen molar-refractivity contribution < 1.29 is 12.8 Å². The Morgan fingerprint density at radius 1 is 1.38 bits per heavy atom. The van der Waals surface area contributed by atoms with E-state index in [0.717, 1.165) is 6.26 Å². The number of aromatic nitrogens is 2. The fourth-order valence-electron chi connectivity index (χ4n) is 1.16. The van der Waals surface area contributed by atoms with Crippen molar-refractivity contribution in [3.63, 3.8) is 0 Å². The number of hydrogen-bond acceptors (Lipinski definition) is 6. The second-order valence-corrected chi connectivity index (χ2v) is 5.12. The van der Waals surface area contributed by atoms with Gasteiger partial charge in [-0.25, -0.2) is 18.4 Å². The van der Waals surface area contributed by atoms with Gasteiger partial charge in [-0.2, -0.15) is 0 Å². The molecule has 0 bridgehead atoms. The summed E-state index contributed by atoms with van der Waals surface area (Å²) in [6.07, 6.45) is 2.49. The van der Waals surface area contributed by atoms with E-state index in [4.69, 9.17) is 10.2 Å².